The summed E-state index contributed by atoms with van der Waals surface area (Å²) >= 11 is 0. The molecule has 0 unspecified atom stereocenters. The summed E-state index contributed by atoms with van der Waals surface area (Å²) < 4.78 is 62.0. The summed E-state index contributed by atoms with van der Waals surface area (Å²) in [7, 11) is 1.07. The highest BCUT2D eigenvalue weighted by Gasteiger charge is 2.30. The molecule has 0 saturated heterocycles. The van der Waals surface area contributed by atoms with Crippen molar-refractivity contribution in [3.05, 3.63) is 35.4 Å². The van der Waals surface area contributed by atoms with Gasteiger partial charge in [-0.25, -0.2) is 8.78 Å². The van der Waals surface area contributed by atoms with Gasteiger partial charge in [-0.1, -0.05) is 0 Å². The van der Waals surface area contributed by atoms with Crippen molar-refractivity contribution >= 4 is 5.78 Å². The van der Waals surface area contributed by atoms with Gasteiger partial charge in [0.1, 0.15) is 11.6 Å². The van der Waals surface area contributed by atoms with Gasteiger partial charge in [0.05, 0.1) is 18.7 Å². The van der Waals surface area contributed by atoms with E-state index in [2.05, 4.69) is 0 Å². The number of Topliss-reactive ketones (excluding diaryl/α,β-unsaturated/α-hetero) is 1. The minimum absolute atomic E-state index is 0.552. The van der Waals surface area contributed by atoms with Gasteiger partial charge >= 0.3 is 6.18 Å². The Hall–Kier alpha value is -1.50. The molecule has 0 saturated carbocycles. The second-order valence-corrected chi connectivity index (χ2v) is 3.83. The summed E-state index contributed by atoms with van der Waals surface area (Å²) in [4.78, 5) is 12.2. The van der Waals surface area contributed by atoms with Gasteiger partial charge in [0.2, 0.25) is 0 Å². The van der Waals surface area contributed by atoms with Crippen LogP contribution in [0.15, 0.2) is 18.2 Å². The second-order valence-electron chi connectivity index (χ2n) is 3.83. The maximum Gasteiger partial charge on any atom is 0.401 e. The fourth-order valence-corrected chi connectivity index (χ4v) is 1.40. The number of carbonyl (C=O) groups excluding carboxylic acids is 1. The third kappa shape index (κ3) is 4.40. The minimum Gasteiger partial charge on any atom is -0.293 e. The number of hydrogen-bond donors (Lipinski definition) is 0. The van der Waals surface area contributed by atoms with Crippen molar-refractivity contribution < 1.29 is 26.7 Å². The molecule has 0 N–H and O–H groups in total. The van der Waals surface area contributed by atoms with Crippen LogP contribution in [0.1, 0.15) is 10.4 Å². The third-order valence-corrected chi connectivity index (χ3v) is 2.09. The average Bonchev–Trinajstić information content (AvgIpc) is 2.18. The first kappa shape index (κ1) is 14.6. The molecule has 0 aromatic heterocycles. The Balaban J connectivity index is 2.74. The van der Waals surface area contributed by atoms with E-state index >= 15 is 0 Å². The molecular formula is C11H10F5NO. The highest BCUT2D eigenvalue weighted by molar-refractivity contribution is 5.97. The molecule has 1 rings (SSSR count). The van der Waals surface area contributed by atoms with Crippen LogP contribution in [0.5, 0.6) is 0 Å². The Labute approximate surface area is 100 Å². The monoisotopic (exact) mass is 267 g/mol. The molecule has 0 aliphatic rings. The van der Waals surface area contributed by atoms with Gasteiger partial charge in [-0.05, 0) is 25.2 Å². The van der Waals surface area contributed by atoms with Crippen molar-refractivity contribution in [3.63, 3.8) is 0 Å². The molecule has 100 valence electrons. The Bertz CT molecular complexity index is 444. The Morgan fingerprint density at radius 3 is 2.44 bits per heavy atom. The second kappa shape index (κ2) is 5.43. The van der Waals surface area contributed by atoms with Crippen LogP contribution in [0.4, 0.5) is 22.0 Å². The van der Waals surface area contributed by atoms with Crippen LogP contribution >= 0.6 is 0 Å². The van der Waals surface area contributed by atoms with Gasteiger partial charge < -0.3 is 0 Å². The number of halogens is 5. The number of hydrogen-bond acceptors (Lipinski definition) is 2. The summed E-state index contributed by atoms with van der Waals surface area (Å²) in [5, 5.41) is 0. The zero-order chi connectivity index (χ0) is 13.9. The molecule has 7 heteroatoms. The predicted octanol–water partition coefficient (Wildman–Crippen LogP) is 2.64. The van der Waals surface area contributed by atoms with Crippen LogP contribution in [0.2, 0.25) is 0 Å². The van der Waals surface area contributed by atoms with E-state index in [0.29, 0.717) is 11.0 Å². The number of benzene rings is 1. The number of alkyl halides is 3. The zero-order valence-corrected chi connectivity index (χ0v) is 9.39. The molecule has 0 spiro atoms. The number of ketones is 1. The van der Waals surface area contributed by atoms with Gasteiger partial charge in [0.15, 0.2) is 5.78 Å². The largest absolute Gasteiger partial charge is 0.401 e. The van der Waals surface area contributed by atoms with E-state index in [9.17, 15) is 26.7 Å². The summed E-state index contributed by atoms with van der Waals surface area (Å²) in [6.45, 7) is -1.93. The maximum absolute atomic E-state index is 13.2. The molecule has 0 aliphatic heterocycles. The lowest BCUT2D eigenvalue weighted by atomic mass is 10.1. The fourth-order valence-electron chi connectivity index (χ4n) is 1.40. The fraction of sp³-hybridized carbons (Fsp3) is 0.364. The molecule has 18 heavy (non-hydrogen) atoms. The van der Waals surface area contributed by atoms with E-state index in [0.717, 1.165) is 19.2 Å². The highest BCUT2D eigenvalue weighted by atomic mass is 19.4. The molecule has 0 atom stereocenters. The number of rotatable bonds is 4. The lowest BCUT2D eigenvalue weighted by molar-refractivity contribution is -0.141. The number of likely N-dealkylation sites (N-methyl/N-ethyl adjacent to an activating group) is 1. The minimum atomic E-state index is -4.45. The molecule has 0 heterocycles. The van der Waals surface area contributed by atoms with Crippen LogP contribution in [-0.4, -0.2) is 37.0 Å². The first-order valence-corrected chi connectivity index (χ1v) is 4.92. The van der Waals surface area contributed by atoms with Gasteiger partial charge in [0.25, 0.3) is 0 Å². The molecule has 2 nitrogen and oxygen atoms in total. The Kier molecular flexibility index (Phi) is 4.39. The van der Waals surface area contributed by atoms with Crippen molar-refractivity contribution in [2.24, 2.45) is 0 Å². The van der Waals surface area contributed by atoms with Gasteiger partial charge in [-0.2, -0.15) is 13.2 Å². The van der Waals surface area contributed by atoms with Gasteiger partial charge in [-0.15, -0.1) is 0 Å². The molecule has 0 amide bonds. The SMILES string of the molecule is CN(CC(=O)c1cc(F)ccc1F)CC(F)(F)F. The smallest absolute Gasteiger partial charge is 0.293 e. The number of carbonyl (C=O) groups is 1. The van der Waals surface area contributed by atoms with E-state index in [-0.39, 0.29) is 0 Å². The lowest BCUT2D eigenvalue weighted by Gasteiger charge is -2.17. The summed E-state index contributed by atoms with van der Waals surface area (Å²) in [6, 6.07) is 2.25. The summed E-state index contributed by atoms with van der Waals surface area (Å²) in [5.74, 6) is -2.68. The van der Waals surface area contributed by atoms with Crippen LogP contribution < -0.4 is 0 Å². The molecular weight excluding hydrogens is 257 g/mol. The first-order chi connectivity index (χ1) is 8.19. The Morgan fingerprint density at radius 2 is 1.89 bits per heavy atom. The quantitative estimate of drug-likeness (QED) is 0.617. The first-order valence-electron chi connectivity index (χ1n) is 4.92. The van der Waals surface area contributed by atoms with Crippen molar-refractivity contribution in [3.8, 4) is 0 Å². The average molecular weight is 267 g/mol. The maximum atomic E-state index is 13.2. The van der Waals surface area contributed by atoms with E-state index < -0.39 is 42.2 Å². The van der Waals surface area contributed by atoms with Crippen molar-refractivity contribution in [1.29, 1.82) is 0 Å². The van der Waals surface area contributed by atoms with Crippen LogP contribution in [-0.2, 0) is 0 Å². The highest BCUT2D eigenvalue weighted by Crippen LogP contribution is 2.16. The molecule has 0 radical (unpaired) electrons. The normalized spacial score (nSPS) is 11.9. The zero-order valence-electron chi connectivity index (χ0n) is 9.39. The molecule has 0 fully saturated rings. The van der Waals surface area contributed by atoms with Crippen molar-refractivity contribution in [2.45, 2.75) is 6.18 Å². The lowest BCUT2D eigenvalue weighted by Crippen LogP contribution is -2.35. The van der Waals surface area contributed by atoms with Crippen molar-refractivity contribution in [2.75, 3.05) is 20.1 Å². The van der Waals surface area contributed by atoms with Crippen molar-refractivity contribution in [1.82, 2.24) is 4.90 Å². The standard InChI is InChI=1S/C11H10F5NO/c1-17(6-11(14,15)16)5-10(18)8-4-7(12)2-3-9(8)13/h2-4H,5-6H2,1H3. The summed E-state index contributed by atoms with van der Waals surface area (Å²) in [5.41, 5.74) is -0.552. The van der Waals surface area contributed by atoms with E-state index in [4.69, 9.17) is 0 Å². The molecule has 0 aliphatic carbocycles. The van der Waals surface area contributed by atoms with E-state index in [1.165, 1.54) is 0 Å². The molecule has 1 aromatic carbocycles. The molecule has 0 bridgehead atoms. The van der Waals surface area contributed by atoms with Gasteiger partial charge in [-0.3, -0.25) is 9.69 Å². The third-order valence-electron chi connectivity index (χ3n) is 2.09. The summed E-state index contributed by atoms with van der Waals surface area (Å²) in [6.07, 6.45) is -4.45. The predicted molar refractivity (Wildman–Crippen MR) is 54.2 cm³/mol. The van der Waals surface area contributed by atoms with Crippen LogP contribution in [0, 0.1) is 11.6 Å². The van der Waals surface area contributed by atoms with E-state index in [1.807, 2.05) is 0 Å². The molecule has 1 aromatic rings. The Morgan fingerprint density at radius 1 is 1.28 bits per heavy atom. The van der Waals surface area contributed by atoms with Gasteiger partial charge in [0, 0.05) is 0 Å². The number of nitrogens with zero attached hydrogens (tertiary/aromatic N) is 1. The van der Waals surface area contributed by atoms with E-state index in [1.54, 1.807) is 0 Å². The topological polar surface area (TPSA) is 20.3 Å². The van der Waals surface area contributed by atoms with Crippen LogP contribution in [0.25, 0.3) is 0 Å². The van der Waals surface area contributed by atoms with Crippen LogP contribution in [0.3, 0.4) is 0 Å².